The van der Waals surface area contributed by atoms with Crippen LogP contribution in [-0.2, 0) is 13.5 Å². The van der Waals surface area contributed by atoms with Crippen molar-refractivity contribution in [2.24, 2.45) is 7.05 Å². The van der Waals surface area contributed by atoms with Gasteiger partial charge >= 0.3 is 6.03 Å². The molecule has 1 aromatic carbocycles. The van der Waals surface area contributed by atoms with Gasteiger partial charge in [0.05, 0.1) is 17.4 Å². The van der Waals surface area contributed by atoms with Gasteiger partial charge in [-0.2, -0.15) is 5.10 Å². The van der Waals surface area contributed by atoms with E-state index in [1.54, 1.807) is 6.33 Å². The van der Waals surface area contributed by atoms with Crippen LogP contribution in [-0.4, -0.2) is 56.9 Å². The van der Waals surface area contributed by atoms with Crippen LogP contribution in [0.3, 0.4) is 0 Å². The fourth-order valence-electron chi connectivity index (χ4n) is 4.69. The molecule has 1 aliphatic heterocycles. The molecular formula is C25H28ClN7O. The molecule has 34 heavy (non-hydrogen) atoms. The van der Waals surface area contributed by atoms with Crippen molar-refractivity contribution < 1.29 is 4.79 Å². The van der Waals surface area contributed by atoms with E-state index in [0.29, 0.717) is 18.1 Å². The number of anilines is 1. The van der Waals surface area contributed by atoms with E-state index in [1.807, 2.05) is 54.7 Å². The van der Waals surface area contributed by atoms with Crippen molar-refractivity contribution in [2.75, 3.05) is 31.1 Å². The number of fused-ring (bicyclic) bond motifs is 1. The number of halogens is 1. The van der Waals surface area contributed by atoms with Crippen molar-refractivity contribution >= 4 is 35.1 Å². The Morgan fingerprint density at radius 3 is 2.53 bits per heavy atom. The third-order valence-electron chi connectivity index (χ3n) is 6.56. The summed E-state index contributed by atoms with van der Waals surface area (Å²) in [6, 6.07) is 7.42. The minimum absolute atomic E-state index is 0.0516. The van der Waals surface area contributed by atoms with E-state index in [-0.39, 0.29) is 12.1 Å². The van der Waals surface area contributed by atoms with Crippen molar-refractivity contribution in [1.29, 1.82) is 0 Å². The number of rotatable bonds is 4. The van der Waals surface area contributed by atoms with Crippen LogP contribution in [0.15, 0.2) is 36.8 Å². The SMILES string of the molecule is Cc1nn(C)cc1C1=Cc2c(ncnc2N2CCN(C(=O)N[C@@H](C)c3ccc(Cl)cc3)CC2)C1. The molecule has 1 fully saturated rings. The molecule has 0 saturated carbocycles. The highest BCUT2D eigenvalue weighted by molar-refractivity contribution is 6.30. The van der Waals surface area contributed by atoms with E-state index < -0.39 is 0 Å². The Morgan fingerprint density at radius 1 is 1.12 bits per heavy atom. The van der Waals surface area contributed by atoms with Gasteiger partial charge in [0.15, 0.2) is 0 Å². The third kappa shape index (κ3) is 4.37. The number of allylic oxidation sites excluding steroid dienone is 1. The predicted molar refractivity (Wildman–Crippen MR) is 134 cm³/mol. The van der Waals surface area contributed by atoms with Crippen molar-refractivity contribution in [3.63, 3.8) is 0 Å². The summed E-state index contributed by atoms with van der Waals surface area (Å²) in [6.07, 6.45) is 6.68. The molecule has 0 spiro atoms. The predicted octanol–water partition coefficient (Wildman–Crippen LogP) is 3.86. The molecular weight excluding hydrogens is 450 g/mol. The number of urea groups is 1. The summed E-state index contributed by atoms with van der Waals surface area (Å²) >= 11 is 5.97. The minimum Gasteiger partial charge on any atom is -0.352 e. The number of benzene rings is 1. The molecule has 2 amide bonds. The lowest BCUT2D eigenvalue weighted by atomic mass is 10.1. The molecule has 0 unspecified atom stereocenters. The van der Waals surface area contributed by atoms with Crippen LogP contribution in [0.2, 0.25) is 5.02 Å². The smallest absolute Gasteiger partial charge is 0.317 e. The fraction of sp³-hybridized carbons (Fsp3) is 0.360. The first kappa shape index (κ1) is 22.4. The molecule has 3 heterocycles. The van der Waals surface area contributed by atoms with Gasteiger partial charge in [-0.25, -0.2) is 14.8 Å². The summed E-state index contributed by atoms with van der Waals surface area (Å²) in [5.41, 5.74) is 6.54. The molecule has 2 aliphatic rings. The minimum atomic E-state index is -0.0904. The number of hydrogen-bond acceptors (Lipinski definition) is 5. The van der Waals surface area contributed by atoms with E-state index in [1.165, 1.54) is 5.57 Å². The molecule has 2 aromatic heterocycles. The molecule has 1 saturated heterocycles. The second kappa shape index (κ2) is 9.10. The molecule has 1 aliphatic carbocycles. The lowest BCUT2D eigenvalue weighted by Crippen LogP contribution is -2.52. The number of aromatic nitrogens is 4. The third-order valence-corrected chi connectivity index (χ3v) is 6.81. The molecule has 5 rings (SSSR count). The average Bonchev–Trinajstić information content (AvgIpc) is 3.41. The van der Waals surface area contributed by atoms with E-state index in [4.69, 9.17) is 11.6 Å². The first-order valence-electron chi connectivity index (χ1n) is 11.5. The molecule has 0 bridgehead atoms. The highest BCUT2D eigenvalue weighted by Crippen LogP contribution is 2.36. The number of carbonyl (C=O) groups excluding carboxylic acids is 1. The second-order valence-electron chi connectivity index (χ2n) is 8.90. The van der Waals surface area contributed by atoms with Crippen molar-refractivity contribution in [1.82, 2.24) is 30.0 Å². The number of hydrogen-bond donors (Lipinski definition) is 1. The molecule has 8 nitrogen and oxygen atoms in total. The first-order chi connectivity index (χ1) is 16.4. The van der Waals surface area contributed by atoms with E-state index in [2.05, 4.69) is 37.6 Å². The summed E-state index contributed by atoms with van der Waals surface area (Å²) in [5.74, 6) is 0.941. The Bertz CT molecular complexity index is 1240. The fourth-order valence-corrected chi connectivity index (χ4v) is 4.81. The van der Waals surface area contributed by atoms with Crippen LogP contribution in [0.4, 0.5) is 10.6 Å². The standard InChI is InChI=1S/C25H28ClN7O/c1-16(18-4-6-20(26)7-5-18)29-25(34)33-10-8-32(9-11-33)24-21-12-19(13-23(21)27-15-28-24)22-14-31(3)30-17(22)2/h4-7,12,14-16H,8-11,13H2,1-3H3,(H,29,34)/t16-/m0/s1. The molecule has 1 atom stereocenters. The van der Waals surface area contributed by atoms with E-state index >= 15 is 0 Å². The van der Waals surface area contributed by atoms with Gasteiger partial charge < -0.3 is 15.1 Å². The number of aryl methyl sites for hydroxylation is 2. The van der Waals surface area contributed by atoms with Gasteiger partial charge in [-0.05, 0) is 43.2 Å². The lowest BCUT2D eigenvalue weighted by molar-refractivity contribution is 0.191. The highest BCUT2D eigenvalue weighted by Gasteiger charge is 2.27. The summed E-state index contributed by atoms with van der Waals surface area (Å²) in [5, 5.41) is 8.26. The summed E-state index contributed by atoms with van der Waals surface area (Å²) in [6.45, 7) is 6.73. The zero-order valence-corrected chi connectivity index (χ0v) is 20.4. The maximum Gasteiger partial charge on any atom is 0.317 e. The normalized spacial score (nSPS) is 16.3. The van der Waals surface area contributed by atoms with Gasteiger partial charge in [-0.3, -0.25) is 4.68 Å². The van der Waals surface area contributed by atoms with Crippen LogP contribution in [0.1, 0.15) is 41.0 Å². The zero-order chi connectivity index (χ0) is 23.8. The lowest BCUT2D eigenvalue weighted by Gasteiger charge is -2.36. The largest absolute Gasteiger partial charge is 0.352 e. The summed E-state index contributed by atoms with van der Waals surface area (Å²) < 4.78 is 1.85. The van der Waals surface area contributed by atoms with Crippen molar-refractivity contribution in [3.05, 3.63) is 69.9 Å². The quantitative estimate of drug-likeness (QED) is 0.617. The van der Waals surface area contributed by atoms with Gasteiger partial charge in [0.2, 0.25) is 0 Å². The molecule has 0 radical (unpaired) electrons. The van der Waals surface area contributed by atoms with Gasteiger partial charge in [0, 0.05) is 62.0 Å². The Kier molecular flexibility index (Phi) is 6.00. The van der Waals surface area contributed by atoms with Crippen molar-refractivity contribution in [3.8, 4) is 0 Å². The molecule has 1 N–H and O–H groups in total. The topological polar surface area (TPSA) is 79.2 Å². The van der Waals surface area contributed by atoms with E-state index in [9.17, 15) is 4.79 Å². The summed E-state index contributed by atoms with van der Waals surface area (Å²) in [4.78, 5) is 26.1. The average molecular weight is 478 g/mol. The molecule has 176 valence electrons. The number of amides is 2. The number of carbonyl (C=O) groups is 1. The van der Waals surface area contributed by atoms with Crippen LogP contribution in [0.5, 0.6) is 0 Å². The number of nitrogens with one attached hydrogen (secondary N) is 1. The van der Waals surface area contributed by atoms with Crippen LogP contribution in [0, 0.1) is 6.92 Å². The maximum atomic E-state index is 12.8. The summed E-state index contributed by atoms with van der Waals surface area (Å²) in [7, 11) is 1.94. The van der Waals surface area contributed by atoms with Crippen LogP contribution in [0.25, 0.3) is 11.6 Å². The van der Waals surface area contributed by atoms with Gasteiger partial charge in [0.25, 0.3) is 0 Å². The first-order valence-corrected chi connectivity index (χ1v) is 11.9. The van der Waals surface area contributed by atoms with Crippen LogP contribution >= 0.6 is 11.6 Å². The van der Waals surface area contributed by atoms with Gasteiger partial charge in [-0.1, -0.05) is 23.7 Å². The van der Waals surface area contributed by atoms with E-state index in [0.717, 1.165) is 53.4 Å². The zero-order valence-electron chi connectivity index (χ0n) is 19.6. The molecule has 3 aromatic rings. The Hall–Kier alpha value is -3.39. The monoisotopic (exact) mass is 477 g/mol. The van der Waals surface area contributed by atoms with Gasteiger partial charge in [0.1, 0.15) is 12.1 Å². The Morgan fingerprint density at radius 2 is 1.85 bits per heavy atom. The highest BCUT2D eigenvalue weighted by atomic mass is 35.5. The van der Waals surface area contributed by atoms with Gasteiger partial charge in [-0.15, -0.1) is 0 Å². The maximum absolute atomic E-state index is 12.8. The number of piperazine rings is 1. The molecule has 9 heteroatoms. The Labute approximate surface area is 204 Å². The second-order valence-corrected chi connectivity index (χ2v) is 9.34. The Balaban J connectivity index is 1.25. The number of nitrogens with zero attached hydrogens (tertiary/aromatic N) is 6. The van der Waals surface area contributed by atoms with Crippen molar-refractivity contribution in [2.45, 2.75) is 26.3 Å². The van der Waals surface area contributed by atoms with Crippen LogP contribution < -0.4 is 10.2 Å².